The van der Waals surface area contributed by atoms with Crippen LogP contribution in [0.2, 0.25) is 0 Å². The predicted molar refractivity (Wildman–Crippen MR) is 81.9 cm³/mol. The molecule has 1 aromatic carbocycles. The summed E-state index contributed by atoms with van der Waals surface area (Å²) in [6, 6.07) is 4.30. The Hall–Kier alpha value is -1.96. The van der Waals surface area contributed by atoms with Gasteiger partial charge in [-0.25, -0.2) is 4.79 Å². The number of hydrogen-bond acceptors (Lipinski definition) is 3. The van der Waals surface area contributed by atoms with Crippen molar-refractivity contribution < 1.29 is 27.4 Å². The fourth-order valence-corrected chi connectivity index (χ4v) is 2.29. The van der Waals surface area contributed by atoms with Crippen LogP contribution in [0, 0.1) is 0 Å². The molecule has 0 bridgehead atoms. The van der Waals surface area contributed by atoms with Gasteiger partial charge in [0.15, 0.2) is 0 Å². The van der Waals surface area contributed by atoms with Crippen LogP contribution in [-0.2, 0) is 10.9 Å². The van der Waals surface area contributed by atoms with Crippen molar-refractivity contribution in [3.63, 3.8) is 0 Å². The van der Waals surface area contributed by atoms with Crippen molar-refractivity contribution >= 4 is 6.03 Å². The smallest absolute Gasteiger partial charge is 0.416 e. The molecule has 0 radical (unpaired) electrons. The standard InChI is InChI=1S/C16H21F3N2O3/c1-2-7-20-15(22)21-8-9-23-11-14(10-21)24-13-5-3-12(4-6-13)16(17,18)19/h3-6,14H,2,7-11H2,1H3,(H,20,22)/t14-/m1/s1. The molecule has 0 aliphatic carbocycles. The van der Waals surface area contributed by atoms with Crippen molar-refractivity contribution in [1.82, 2.24) is 10.2 Å². The van der Waals surface area contributed by atoms with Crippen LogP contribution < -0.4 is 10.1 Å². The van der Waals surface area contributed by atoms with Crippen molar-refractivity contribution in [3.05, 3.63) is 29.8 Å². The number of alkyl halides is 3. The van der Waals surface area contributed by atoms with Crippen molar-refractivity contribution in [3.8, 4) is 5.75 Å². The van der Waals surface area contributed by atoms with Crippen molar-refractivity contribution in [2.24, 2.45) is 0 Å². The highest BCUT2D eigenvalue weighted by Crippen LogP contribution is 2.30. The maximum Gasteiger partial charge on any atom is 0.416 e. The summed E-state index contributed by atoms with van der Waals surface area (Å²) < 4.78 is 48.8. The first kappa shape index (κ1) is 18.4. The Balaban J connectivity index is 1.96. The maximum atomic E-state index is 12.6. The molecule has 0 spiro atoms. The van der Waals surface area contributed by atoms with Crippen LogP contribution in [0.5, 0.6) is 5.75 Å². The van der Waals surface area contributed by atoms with E-state index in [1.54, 1.807) is 4.90 Å². The molecule has 1 saturated heterocycles. The van der Waals surface area contributed by atoms with Gasteiger partial charge in [-0.15, -0.1) is 0 Å². The average Bonchev–Trinajstić information content (AvgIpc) is 2.78. The summed E-state index contributed by atoms with van der Waals surface area (Å²) >= 11 is 0. The quantitative estimate of drug-likeness (QED) is 0.912. The Morgan fingerprint density at radius 2 is 2.08 bits per heavy atom. The van der Waals surface area contributed by atoms with Gasteiger partial charge >= 0.3 is 12.2 Å². The molecule has 0 saturated carbocycles. The highest BCUT2D eigenvalue weighted by atomic mass is 19.4. The predicted octanol–water partition coefficient (Wildman–Crippen LogP) is 2.90. The summed E-state index contributed by atoms with van der Waals surface area (Å²) in [6.45, 7) is 3.98. The van der Waals surface area contributed by atoms with Crippen LogP contribution >= 0.6 is 0 Å². The molecule has 1 atom stereocenters. The highest BCUT2D eigenvalue weighted by molar-refractivity contribution is 5.74. The van der Waals surface area contributed by atoms with Gasteiger partial charge in [0.1, 0.15) is 11.9 Å². The molecule has 8 heteroatoms. The largest absolute Gasteiger partial charge is 0.486 e. The number of hydrogen-bond donors (Lipinski definition) is 1. The molecule has 5 nitrogen and oxygen atoms in total. The summed E-state index contributed by atoms with van der Waals surface area (Å²) in [5.41, 5.74) is -0.729. The van der Waals surface area contributed by atoms with Gasteiger partial charge in [-0.3, -0.25) is 0 Å². The lowest BCUT2D eigenvalue weighted by Gasteiger charge is -2.24. The number of amides is 2. The molecule has 0 unspecified atom stereocenters. The summed E-state index contributed by atoms with van der Waals surface area (Å²) in [6.07, 6.45) is -3.98. The molecule has 2 rings (SSSR count). The molecular formula is C16H21F3N2O3. The summed E-state index contributed by atoms with van der Waals surface area (Å²) in [4.78, 5) is 13.6. The monoisotopic (exact) mass is 346 g/mol. The zero-order chi connectivity index (χ0) is 17.6. The number of ether oxygens (including phenoxy) is 2. The van der Waals surface area contributed by atoms with E-state index in [-0.39, 0.29) is 12.6 Å². The molecule has 1 aliphatic rings. The highest BCUT2D eigenvalue weighted by Gasteiger charge is 2.30. The van der Waals surface area contributed by atoms with E-state index in [9.17, 15) is 18.0 Å². The zero-order valence-electron chi connectivity index (χ0n) is 13.4. The molecule has 24 heavy (non-hydrogen) atoms. The zero-order valence-corrected chi connectivity index (χ0v) is 13.4. The number of rotatable bonds is 4. The Labute approximate surface area is 138 Å². The molecule has 2 amide bonds. The summed E-state index contributed by atoms with van der Waals surface area (Å²) in [7, 11) is 0. The molecule has 134 valence electrons. The Morgan fingerprint density at radius 1 is 1.38 bits per heavy atom. The number of benzene rings is 1. The van der Waals surface area contributed by atoms with Gasteiger partial charge in [0.05, 0.1) is 25.3 Å². The summed E-state index contributed by atoms with van der Waals surface area (Å²) in [5.74, 6) is 0.312. The van der Waals surface area contributed by atoms with E-state index in [4.69, 9.17) is 9.47 Å². The van der Waals surface area contributed by atoms with Crippen LogP contribution in [0.3, 0.4) is 0 Å². The second kappa shape index (κ2) is 8.23. The first-order chi connectivity index (χ1) is 11.4. The number of nitrogens with one attached hydrogen (secondary N) is 1. The lowest BCUT2D eigenvalue weighted by Crippen LogP contribution is -2.45. The van der Waals surface area contributed by atoms with Crippen molar-refractivity contribution in [2.75, 3.05) is 32.8 Å². The molecule has 1 aliphatic heterocycles. The topological polar surface area (TPSA) is 50.8 Å². The van der Waals surface area contributed by atoms with Gasteiger partial charge in [0.25, 0.3) is 0 Å². The van der Waals surface area contributed by atoms with Gasteiger partial charge < -0.3 is 19.7 Å². The number of carbonyl (C=O) groups excluding carboxylic acids is 1. The first-order valence-corrected chi connectivity index (χ1v) is 7.84. The molecule has 1 heterocycles. The van der Waals surface area contributed by atoms with Gasteiger partial charge in [-0.1, -0.05) is 6.92 Å². The minimum atomic E-state index is -4.38. The Morgan fingerprint density at radius 3 is 2.71 bits per heavy atom. The SMILES string of the molecule is CCCNC(=O)N1CCOC[C@H](Oc2ccc(C(F)(F)F)cc2)C1. The van der Waals surface area contributed by atoms with Crippen molar-refractivity contribution in [2.45, 2.75) is 25.6 Å². The van der Waals surface area contributed by atoms with Gasteiger partial charge in [-0.2, -0.15) is 13.2 Å². The van der Waals surface area contributed by atoms with E-state index >= 15 is 0 Å². The fraction of sp³-hybridized carbons (Fsp3) is 0.562. The lowest BCUT2D eigenvalue weighted by molar-refractivity contribution is -0.137. The third kappa shape index (κ3) is 5.30. The molecular weight excluding hydrogens is 325 g/mol. The number of urea groups is 1. The second-order valence-corrected chi connectivity index (χ2v) is 5.51. The van der Waals surface area contributed by atoms with E-state index < -0.39 is 17.8 Å². The van der Waals surface area contributed by atoms with E-state index in [2.05, 4.69) is 5.32 Å². The Kier molecular flexibility index (Phi) is 6.30. The van der Waals surface area contributed by atoms with Crippen LogP contribution in [0.1, 0.15) is 18.9 Å². The molecule has 1 aromatic rings. The molecule has 1 N–H and O–H groups in total. The first-order valence-electron chi connectivity index (χ1n) is 7.84. The normalized spacial score (nSPS) is 18.8. The number of carbonyl (C=O) groups is 1. The van der Waals surface area contributed by atoms with Gasteiger partial charge in [0.2, 0.25) is 0 Å². The maximum absolute atomic E-state index is 12.6. The number of halogens is 3. The molecule has 1 fully saturated rings. The summed E-state index contributed by atoms with van der Waals surface area (Å²) in [5, 5.41) is 2.79. The van der Waals surface area contributed by atoms with E-state index in [1.165, 1.54) is 12.1 Å². The van der Waals surface area contributed by atoms with Gasteiger partial charge in [0, 0.05) is 13.1 Å². The third-order valence-electron chi connectivity index (χ3n) is 3.53. The number of nitrogens with zero attached hydrogens (tertiary/aromatic N) is 1. The second-order valence-electron chi connectivity index (χ2n) is 5.51. The minimum absolute atomic E-state index is 0.191. The molecule has 0 aromatic heterocycles. The minimum Gasteiger partial charge on any atom is -0.486 e. The van der Waals surface area contributed by atoms with Crippen LogP contribution in [0.4, 0.5) is 18.0 Å². The van der Waals surface area contributed by atoms with Crippen LogP contribution in [-0.4, -0.2) is 49.9 Å². The lowest BCUT2D eigenvalue weighted by atomic mass is 10.2. The van der Waals surface area contributed by atoms with Crippen LogP contribution in [0.25, 0.3) is 0 Å². The van der Waals surface area contributed by atoms with Gasteiger partial charge in [-0.05, 0) is 30.7 Å². The average molecular weight is 346 g/mol. The van der Waals surface area contributed by atoms with E-state index in [1.807, 2.05) is 6.92 Å². The van der Waals surface area contributed by atoms with Crippen molar-refractivity contribution in [1.29, 1.82) is 0 Å². The fourth-order valence-electron chi connectivity index (χ4n) is 2.29. The Bertz CT molecular complexity index is 534. The third-order valence-corrected chi connectivity index (χ3v) is 3.53. The van der Waals surface area contributed by atoms with Crippen LogP contribution in [0.15, 0.2) is 24.3 Å². The van der Waals surface area contributed by atoms with E-state index in [0.29, 0.717) is 32.0 Å². The van der Waals surface area contributed by atoms with E-state index in [0.717, 1.165) is 18.6 Å².